The fraction of sp³-hybridized carbons (Fsp3) is 0.533. The lowest BCUT2D eigenvalue weighted by Crippen LogP contribution is -2.43. The van der Waals surface area contributed by atoms with Crippen LogP contribution in [0.15, 0.2) is 12.1 Å². The highest BCUT2D eigenvalue weighted by Crippen LogP contribution is 2.20. The van der Waals surface area contributed by atoms with E-state index >= 15 is 0 Å². The van der Waals surface area contributed by atoms with Crippen LogP contribution in [0.5, 0.6) is 0 Å². The first-order chi connectivity index (χ1) is 9.86. The molecule has 0 spiro atoms. The fourth-order valence-corrected chi connectivity index (χ4v) is 2.38. The predicted molar refractivity (Wildman–Crippen MR) is 79.6 cm³/mol. The van der Waals surface area contributed by atoms with Gasteiger partial charge in [-0.2, -0.15) is 0 Å². The molecule has 1 unspecified atom stereocenters. The molecule has 1 aliphatic heterocycles. The molecular weight excluding hydrogens is 270 g/mol. The van der Waals surface area contributed by atoms with E-state index in [9.17, 15) is 14.7 Å². The predicted octanol–water partition coefficient (Wildman–Crippen LogP) is 1.94. The number of carboxylic acids is 1. The Labute approximate surface area is 124 Å². The largest absolute Gasteiger partial charge is 0.478 e. The number of likely N-dealkylation sites (tertiary alicyclic amines) is 1. The van der Waals surface area contributed by atoms with E-state index in [4.69, 9.17) is 0 Å². The molecule has 114 valence electrons. The Hall–Kier alpha value is -2.11. The highest BCUT2D eigenvalue weighted by atomic mass is 16.4. The van der Waals surface area contributed by atoms with Gasteiger partial charge in [-0.25, -0.2) is 9.78 Å². The smallest absolute Gasteiger partial charge is 0.335 e. The van der Waals surface area contributed by atoms with Crippen molar-refractivity contribution in [2.75, 3.05) is 18.9 Å². The van der Waals surface area contributed by atoms with Crippen LogP contribution in [0.4, 0.5) is 5.82 Å². The van der Waals surface area contributed by atoms with E-state index in [1.54, 1.807) is 24.1 Å². The molecule has 2 N–H and O–H groups in total. The number of rotatable bonds is 4. The van der Waals surface area contributed by atoms with E-state index in [-0.39, 0.29) is 23.4 Å². The molecule has 2 rings (SSSR count). The van der Waals surface area contributed by atoms with Gasteiger partial charge in [0, 0.05) is 31.7 Å². The Kier molecular flexibility index (Phi) is 4.45. The molecule has 0 radical (unpaired) electrons. The Morgan fingerprint density at radius 2 is 2.19 bits per heavy atom. The number of likely N-dealkylation sites (N-methyl/N-ethyl adjacent to an activating group) is 1. The summed E-state index contributed by atoms with van der Waals surface area (Å²) in [5, 5.41) is 12.4. The van der Waals surface area contributed by atoms with Gasteiger partial charge >= 0.3 is 5.97 Å². The molecule has 1 fully saturated rings. The molecular formula is C15H21N3O3. The standard InChI is InChI=1S/C15H21N3O3/c1-9(2)12-6-10(15(20)21)7-13(17-12)16-11-4-5-14(19)18(3)8-11/h6-7,9,11H,4-5,8H2,1-3H3,(H,16,17)(H,20,21). The van der Waals surface area contributed by atoms with E-state index in [1.165, 1.54) is 0 Å². The molecule has 1 aliphatic rings. The lowest BCUT2D eigenvalue weighted by Gasteiger charge is -2.30. The van der Waals surface area contributed by atoms with Gasteiger partial charge in [0.25, 0.3) is 0 Å². The summed E-state index contributed by atoms with van der Waals surface area (Å²) in [5.74, 6) is -0.103. The number of hydrogen-bond acceptors (Lipinski definition) is 4. The second-order valence-electron chi connectivity index (χ2n) is 5.78. The average molecular weight is 291 g/mol. The molecule has 0 aromatic carbocycles. The summed E-state index contributed by atoms with van der Waals surface area (Å²) in [7, 11) is 1.77. The number of nitrogens with one attached hydrogen (secondary N) is 1. The zero-order chi connectivity index (χ0) is 15.6. The SMILES string of the molecule is CC(C)c1cc(C(=O)O)cc(NC2CCC(=O)N(C)C2)n1. The second-order valence-corrected chi connectivity index (χ2v) is 5.78. The summed E-state index contributed by atoms with van der Waals surface area (Å²) >= 11 is 0. The summed E-state index contributed by atoms with van der Waals surface area (Å²) in [6.07, 6.45) is 1.24. The molecule has 1 saturated heterocycles. The van der Waals surface area contributed by atoms with Gasteiger partial charge in [0.05, 0.1) is 5.56 Å². The fourth-order valence-electron chi connectivity index (χ4n) is 2.38. The first-order valence-electron chi connectivity index (χ1n) is 7.12. The molecule has 1 atom stereocenters. The van der Waals surface area contributed by atoms with Gasteiger partial charge in [-0.1, -0.05) is 13.8 Å². The maximum absolute atomic E-state index is 11.5. The van der Waals surface area contributed by atoms with Gasteiger partial charge in [0.15, 0.2) is 0 Å². The minimum Gasteiger partial charge on any atom is -0.478 e. The van der Waals surface area contributed by atoms with Crippen molar-refractivity contribution in [2.45, 2.75) is 38.6 Å². The number of aromatic carboxylic acids is 1. The maximum Gasteiger partial charge on any atom is 0.335 e. The average Bonchev–Trinajstić information content (AvgIpc) is 2.42. The Morgan fingerprint density at radius 3 is 2.76 bits per heavy atom. The number of piperidine rings is 1. The molecule has 1 aromatic rings. The van der Waals surface area contributed by atoms with Crippen LogP contribution in [0.1, 0.15) is 48.7 Å². The van der Waals surface area contributed by atoms with Crippen molar-refractivity contribution >= 4 is 17.7 Å². The number of carboxylic acid groups (broad SMARTS) is 1. The quantitative estimate of drug-likeness (QED) is 0.885. The molecule has 0 bridgehead atoms. The van der Waals surface area contributed by atoms with Gasteiger partial charge in [-0.15, -0.1) is 0 Å². The van der Waals surface area contributed by atoms with Crippen LogP contribution in [-0.2, 0) is 4.79 Å². The normalized spacial score (nSPS) is 19.0. The molecule has 0 aliphatic carbocycles. The van der Waals surface area contributed by atoms with Crippen LogP contribution < -0.4 is 5.32 Å². The summed E-state index contributed by atoms with van der Waals surface area (Å²) in [5.41, 5.74) is 0.981. The number of carbonyl (C=O) groups is 2. The summed E-state index contributed by atoms with van der Waals surface area (Å²) < 4.78 is 0. The number of hydrogen-bond donors (Lipinski definition) is 2. The number of anilines is 1. The topological polar surface area (TPSA) is 82.5 Å². The van der Waals surface area contributed by atoms with Crippen LogP contribution in [0.25, 0.3) is 0 Å². The van der Waals surface area contributed by atoms with E-state index in [0.717, 1.165) is 12.1 Å². The second kappa shape index (κ2) is 6.11. The first kappa shape index (κ1) is 15.3. The Balaban J connectivity index is 2.19. The number of amides is 1. The highest BCUT2D eigenvalue weighted by Gasteiger charge is 2.23. The van der Waals surface area contributed by atoms with Crippen LogP contribution in [-0.4, -0.2) is 46.5 Å². The van der Waals surface area contributed by atoms with Crippen LogP contribution >= 0.6 is 0 Å². The van der Waals surface area contributed by atoms with Gasteiger partial charge in [0.1, 0.15) is 5.82 Å². The molecule has 21 heavy (non-hydrogen) atoms. The molecule has 6 nitrogen and oxygen atoms in total. The molecule has 6 heteroatoms. The van der Waals surface area contributed by atoms with Gasteiger partial charge < -0.3 is 15.3 Å². The number of aromatic nitrogens is 1. The Bertz CT molecular complexity index is 557. The van der Waals surface area contributed by atoms with Crippen molar-refractivity contribution in [3.63, 3.8) is 0 Å². The monoisotopic (exact) mass is 291 g/mol. The minimum atomic E-state index is -0.960. The maximum atomic E-state index is 11.5. The van der Waals surface area contributed by atoms with Gasteiger partial charge in [-0.05, 0) is 24.5 Å². The van der Waals surface area contributed by atoms with E-state index in [2.05, 4.69) is 10.3 Å². The minimum absolute atomic E-state index is 0.101. The zero-order valence-corrected chi connectivity index (χ0v) is 12.6. The third kappa shape index (κ3) is 3.71. The van der Waals surface area contributed by atoms with E-state index in [0.29, 0.717) is 18.8 Å². The van der Waals surface area contributed by atoms with Crippen molar-refractivity contribution in [3.05, 3.63) is 23.4 Å². The molecule has 2 heterocycles. The molecule has 0 saturated carbocycles. The third-order valence-corrected chi connectivity index (χ3v) is 3.66. The number of pyridine rings is 1. The van der Waals surface area contributed by atoms with Crippen molar-refractivity contribution in [2.24, 2.45) is 0 Å². The van der Waals surface area contributed by atoms with E-state index in [1.807, 2.05) is 13.8 Å². The van der Waals surface area contributed by atoms with Crippen LogP contribution in [0.2, 0.25) is 0 Å². The molecule has 1 amide bonds. The van der Waals surface area contributed by atoms with Crippen LogP contribution in [0.3, 0.4) is 0 Å². The summed E-state index contributed by atoms with van der Waals surface area (Å²) in [6.45, 7) is 4.56. The zero-order valence-electron chi connectivity index (χ0n) is 12.6. The Morgan fingerprint density at radius 1 is 1.48 bits per heavy atom. The number of carbonyl (C=O) groups excluding carboxylic acids is 1. The first-order valence-corrected chi connectivity index (χ1v) is 7.12. The lowest BCUT2D eigenvalue weighted by atomic mass is 10.0. The summed E-state index contributed by atoms with van der Waals surface area (Å²) in [6, 6.07) is 3.25. The van der Waals surface area contributed by atoms with Gasteiger partial charge in [-0.3, -0.25) is 4.79 Å². The van der Waals surface area contributed by atoms with Crippen molar-refractivity contribution in [3.8, 4) is 0 Å². The van der Waals surface area contributed by atoms with Crippen LogP contribution in [0, 0.1) is 0 Å². The summed E-state index contributed by atoms with van der Waals surface area (Å²) in [4.78, 5) is 28.9. The lowest BCUT2D eigenvalue weighted by molar-refractivity contribution is -0.132. The highest BCUT2D eigenvalue weighted by molar-refractivity contribution is 5.88. The van der Waals surface area contributed by atoms with Crippen molar-refractivity contribution < 1.29 is 14.7 Å². The van der Waals surface area contributed by atoms with Gasteiger partial charge in [0.2, 0.25) is 5.91 Å². The molecule has 1 aromatic heterocycles. The number of nitrogens with zero attached hydrogens (tertiary/aromatic N) is 2. The van der Waals surface area contributed by atoms with Crippen molar-refractivity contribution in [1.82, 2.24) is 9.88 Å². The van der Waals surface area contributed by atoms with Crippen molar-refractivity contribution in [1.29, 1.82) is 0 Å². The third-order valence-electron chi connectivity index (χ3n) is 3.66. The van der Waals surface area contributed by atoms with E-state index < -0.39 is 5.97 Å².